The van der Waals surface area contributed by atoms with Crippen LogP contribution in [0.1, 0.15) is 56.4 Å². The number of fused-ring (bicyclic) bond motifs is 2. The smallest absolute Gasteiger partial charge is 0.258 e. The molecule has 9 heteroatoms. The highest BCUT2D eigenvalue weighted by atomic mass is 32.1. The topological polar surface area (TPSA) is 88.1 Å². The first kappa shape index (κ1) is 26.7. The third-order valence-electron chi connectivity index (χ3n) is 7.33. The third-order valence-corrected chi connectivity index (χ3v) is 8.22. The maximum atomic E-state index is 13.7. The number of carbonyl (C=O) groups excluding carboxylic acids is 2. The number of hydrogen-bond acceptors (Lipinski definition) is 6. The Labute approximate surface area is 241 Å². The Morgan fingerprint density at radius 1 is 0.927 bits per heavy atom. The van der Waals surface area contributed by atoms with Crippen LogP contribution in [0.2, 0.25) is 0 Å². The highest BCUT2D eigenvalue weighted by Gasteiger charge is 2.27. The molecule has 2 aromatic heterocycles. The van der Waals surface area contributed by atoms with Crippen molar-refractivity contribution in [2.24, 2.45) is 0 Å². The average Bonchev–Trinajstić information content (AvgIpc) is 3.58. The van der Waals surface area contributed by atoms with Gasteiger partial charge in [0, 0.05) is 33.8 Å². The van der Waals surface area contributed by atoms with Crippen LogP contribution in [0.3, 0.4) is 0 Å². The fourth-order valence-corrected chi connectivity index (χ4v) is 6.09. The molecule has 0 saturated heterocycles. The maximum Gasteiger partial charge on any atom is 0.258 e. The van der Waals surface area contributed by atoms with Crippen LogP contribution in [-0.2, 0) is 19.3 Å². The monoisotopic (exact) mass is 565 g/mol. The molecule has 3 heterocycles. The van der Waals surface area contributed by atoms with Crippen LogP contribution < -0.4 is 10.2 Å². The van der Waals surface area contributed by atoms with Crippen LogP contribution in [-0.4, -0.2) is 33.3 Å². The van der Waals surface area contributed by atoms with Crippen molar-refractivity contribution in [3.63, 3.8) is 0 Å². The Kier molecular flexibility index (Phi) is 7.05. The van der Waals surface area contributed by atoms with Crippen molar-refractivity contribution in [2.45, 2.75) is 40.0 Å². The van der Waals surface area contributed by atoms with Crippen molar-refractivity contribution in [3.05, 3.63) is 99.4 Å². The van der Waals surface area contributed by atoms with E-state index in [2.05, 4.69) is 19.2 Å². The van der Waals surface area contributed by atoms with Crippen molar-refractivity contribution in [2.75, 3.05) is 16.8 Å². The molecule has 0 spiro atoms. The van der Waals surface area contributed by atoms with Crippen molar-refractivity contribution in [3.8, 4) is 11.3 Å². The number of nitrogens with one attached hydrogen (secondary N) is 1. The van der Waals surface area contributed by atoms with E-state index in [1.54, 1.807) is 29.2 Å². The van der Waals surface area contributed by atoms with Gasteiger partial charge in [0.15, 0.2) is 5.13 Å². The summed E-state index contributed by atoms with van der Waals surface area (Å²) in [5, 5.41) is 3.45. The van der Waals surface area contributed by atoms with E-state index < -0.39 is 5.82 Å². The zero-order valence-corrected chi connectivity index (χ0v) is 23.8. The van der Waals surface area contributed by atoms with Gasteiger partial charge < -0.3 is 4.90 Å². The second-order valence-corrected chi connectivity index (χ2v) is 11.2. The minimum atomic E-state index is -0.432. The number of nitrogens with zero attached hydrogens (tertiary/aromatic N) is 4. The summed E-state index contributed by atoms with van der Waals surface area (Å²) in [5.74, 6) is -0.910. The molecule has 41 heavy (non-hydrogen) atoms. The Bertz CT molecular complexity index is 1830. The van der Waals surface area contributed by atoms with E-state index in [-0.39, 0.29) is 11.8 Å². The molecule has 1 aliphatic heterocycles. The van der Waals surface area contributed by atoms with E-state index >= 15 is 0 Å². The number of aryl methyl sites for hydroxylation is 3. The quantitative estimate of drug-likeness (QED) is 0.245. The van der Waals surface area contributed by atoms with E-state index in [4.69, 9.17) is 15.0 Å². The zero-order valence-electron chi connectivity index (χ0n) is 23.0. The largest absolute Gasteiger partial charge is 0.308 e. The fourth-order valence-electron chi connectivity index (χ4n) is 5.26. The number of halogens is 1. The molecule has 0 fully saturated rings. The van der Waals surface area contributed by atoms with Gasteiger partial charge in [0.1, 0.15) is 5.82 Å². The summed E-state index contributed by atoms with van der Waals surface area (Å²) in [7, 11) is 0. The van der Waals surface area contributed by atoms with Crippen molar-refractivity contribution in [1.29, 1.82) is 0 Å². The average molecular weight is 566 g/mol. The number of amides is 2. The molecule has 0 unspecified atom stereocenters. The van der Waals surface area contributed by atoms with E-state index in [1.165, 1.54) is 23.5 Å². The van der Waals surface area contributed by atoms with Crippen molar-refractivity contribution in [1.82, 2.24) is 15.0 Å². The van der Waals surface area contributed by atoms with Crippen molar-refractivity contribution < 1.29 is 14.0 Å². The predicted octanol–water partition coefficient (Wildman–Crippen LogP) is 6.78. The van der Waals surface area contributed by atoms with Gasteiger partial charge in [-0.1, -0.05) is 26.0 Å². The van der Waals surface area contributed by atoms with E-state index in [1.807, 2.05) is 31.2 Å². The summed E-state index contributed by atoms with van der Waals surface area (Å²) in [6.07, 6.45) is 2.30. The third kappa shape index (κ3) is 5.09. The number of benzene rings is 3. The molecule has 2 amide bonds. The predicted molar refractivity (Wildman–Crippen MR) is 160 cm³/mol. The van der Waals surface area contributed by atoms with Crippen LogP contribution in [0.25, 0.3) is 22.3 Å². The molecular weight excluding hydrogens is 537 g/mol. The number of rotatable bonds is 6. The fraction of sp³-hybridized carbons (Fsp3) is 0.219. The van der Waals surface area contributed by atoms with Crippen LogP contribution >= 0.6 is 11.3 Å². The van der Waals surface area contributed by atoms with Gasteiger partial charge in [-0.25, -0.2) is 19.3 Å². The molecule has 0 bridgehead atoms. The van der Waals surface area contributed by atoms with Gasteiger partial charge in [-0.3, -0.25) is 14.9 Å². The first-order chi connectivity index (χ1) is 19.8. The summed E-state index contributed by atoms with van der Waals surface area (Å²) in [5.41, 5.74) is 7.78. The summed E-state index contributed by atoms with van der Waals surface area (Å²) in [4.78, 5) is 43.0. The number of hydrogen-bond donors (Lipinski definition) is 1. The molecule has 0 aliphatic carbocycles. The van der Waals surface area contributed by atoms with Crippen LogP contribution in [0.5, 0.6) is 0 Å². The molecule has 1 aliphatic rings. The standard InChI is InChI=1S/C32H28FN5O2S/c1-4-24-25(5-2)35-27-17-21(9-11-26(27)34-24)30(39)37-32-36-29(18(3)41-32)20-10-12-28-19(15-20)13-14-38(28)31(40)22-7-6-8-23(33)16-22/h6-12,15-17H,4-5,13-14H2,1-3H3,(H,36,37,39). The lowest BCUT2D eigenvalue weighted by Crippen LogP contribution is -2.28. The molecule has 7 nitrogen and oxygen atoms in total. The van der Waals surface area contributed by atoms with Gasteiger partial charge in [-0.15, -0.1) is 11.3 Å². The minimum absolute atomic E-state index is 0.220. The van der Waals surface area contributed by atoms with Gasteiger partial charge in [0.2, 0.25) is 0 Å². The summed E-state index contributed by atoms with van der Waals surface area (Å²) < 4.78 is 13.7. The zero-order chi connectivity index (χ0) is 28.7. The molecule has 5 aromatic rings. The number of anilines is 2. The first-order valence-corrected chi connectivity index (χ1v) is 14.4. The summed E-state index contributed by atoms with van der Waals surface area (Å²) in [6.45, 7) is 6.62. The van der Waals surface area contributed by atoms with Crippen LogP contribution in [0.4, 0.5) is 15.2 Å². The van der Waals surface area contributed by atoms with Gasteiger partial charge in [-0.05, 0) is 80.3 Å². The molecule has 206 valence electrons. The molecule has 1 N–H and O–H groups in total. The molecule has 0 atom stereocenters. The van der Waals surface area contributed by atoms with Crippen molar-refractivity contribution >= 4 is 45.0 Å². The Hall–Kier alpha value is -4.50. The minimum Gasteiger partial charge on any atom is -0.308 e. The maximum absolute atomic E-state index is 13.7. The van der Waals surface area contributed by atoms with Gasteiger partial charge in [0.05, 0.1) is 28.1 Å². The number of thiazole rings is 1. The highest BCUT2D eigenvalue weighted by Crippen LogP contribution is 2.36. The second-order valence-electron chi connectivity index (χ2n) is 9.97. The van der Waals surface area contributed by atoms with Gasteiger partial charge in [0.25, 0.3) is 11.8 Å². The molecule has 0 radical (unpaired) electrons. The van der Waals surface area contributed by atoms with Gasteiger partial charge in [-0.2, -0.15) is 0 Å². The Morgan fingerprint density at radius 2 is 1.71 bits per heavy atom. The summed E-state index contributed by atoms with van der Waals surface area (Å²) >= 11 is 1.41. The molecular formula is C32H28FN5O2S. The molecule has 0 saturated carbocycles. The lowest BCUT2D eigenvalue weighted by molar-refractivity contribution is 0.0987. The second kappa shape index (κ2) is 10.8. The first-order valence-electron chi connectivity index (χ1n) is 13.6. The summed E-state index contributed by atoms with van der Waals surface area (Å²) in [6, 6.07) is 17.0. The highest BCUT2D eigenvalue weighted by molar-refractivity contribution is 7.16. The normalized spacial score (nSPS) is 12.5. The molecule has 6 rings (SSSR count). The Balaban J connectivity index is 1.21. The van der Waals surface area contributed by atoms with Crippen LogP contribution in [0, 0.1) is 12.7 Å². The van der Waals surface area contributed by atoms with E-state index in [9.17, 15) is 14.0 Å². The number of aromatic nitrogens is 3. The van der Waals surface area contributed by atoms with Gasteiger partial charge >= 0.3 is 0 Å². The van der Waals surface area contributed by atoms with E-state index in [0.717, 1.165) is 57.1 Å². The lowest BCUT2D eigenvalue weighted by atomic mass is 10.1. The lowest BCUT2D eigenvalue weighted by Gasteiger charge is -2.17. The molecule has 3 aromatic carbocycles. The number of carbonyl (C=O) groups is 2. The Morgan fingerprint density at radius 3 is 2.46 bits per heavy atom. The van der Waals surface area contributed by atoms with Crippen LogP contribution in [0.15, 0.2) is 60.7 Å². The SMILES string of the molecule is CCc1nc2ccc(C(=O)Nc3nc(-c4ccc5c(c4)CCN5C(=O)c4cccc(F)c4)c(C)s3)cc2nc1CC. The van der Waals surface area contributed by atoms with E-state index in [0.29, 0.717) is 34.7 Å².